The van der Waals surface area contributed by atoms with Crippen LogP contribution in [-0.4, -0.2) is 37.7 Å². The molecule has 0 aliphatic carbocycles. The van der Waals surface area contributed by atoms with Crippen LogP contribution in [0.1, 0.15) is 18.1 Å². The molecule has 1 saturated heterocycles. The van der Waals surface area contributed by atoms with Crippen molar-refractivity contribution in [3.63, 3.8) is 0 Å². The number of halogens is 5. The molecule has 1 aliphatic rings. The number of hydrogen-bond donors (Lipinski definition) is 0. The van der Waals surface area contributed by atoms with Gasteiger partial charge in [-0.15, -0.1) is 12.4 Å². The summed E-state index contributed by atoms with van der Waals surface area (Å²) in [6, 6.07) is 6.47. The van der Waals surface area contributed by atoms with E-state index in [0.29, 0.717) is 39.3 Å². The maximum Gasteiger partial charge on any atom is 0.205 e. The third-order valence-corrected chi connectivity index (χ3v) is 4.54. The normalized spacial score (nSPS) is 14.8. The van der Waals surface area contributed by atoms with Gasteiger partial charge in [0, 0.05) is 19.6 Å². The maximum absolute atomic E-state index is 14.4. The Balaban J connectivity index is 0.00000300. The first-order chi connectivity index (χ1) is 13.5. The second-order valence-electron chi connectivity index (χ2n) is 6.42. The summed E-state index contributed by atoms with van der Waals surface area (Å²) < 4.78 is 67.8. The number of nitrogens with zero attached hydrogens (tertiary/aromatic N) is 1. The summed E-state index contributed by atoms with van der Waals surface area (Å²) in [4.78, 5) is 2.00. The Morgan fingerprint density at radius 3 is 2.31 bits per heavy atom. The highest BCUT2D eigenvalue weighted by atomic mass is 35.5. The highest BCUT2D eigenvalue weighted by Crippen LogP contribution is 2.34. The van der Waals surface area contributed by atoms with Gasteiger partial charge in [0.25, 0.3) is 0 Å². The number of hydrogen-bond acceptors (Lipinski definition) is 3. The highest BCUT2D eigenvalue weighted by molar-refractivity contribution is 5.85. The molecule has 0 aromatic heterocycles. The van der Waals surface area contributed by atoms with Gasteiger partial charge in [0.2, 0.25) is 17.4 Å². The summed E-state index contributed by atoms with van der Waals surface area (Å²) in [6.07, 6.45) is 3.20. The van der Waals surface area contributed by atoms with Gasteiger partial charge in [-0.1, -0.05) is 31.2 Å². The van der Waals surface area contributed by atoms with E-state index in [2.05, 4.69) is 0 Å². The number of ether oxygens (including phenoxy) is 2. The zero-order chi connectivity index (χ0) is 20.1. The molecule has 3 nitrogen and oxygen atoms in total. The van der Waals surface area contributed by atoms with Crippen LogP contribution in [0.3, 0.4) is 0 Å². The van der Waals surface area contributed by atoms with Crippen LogP contribution in [-0.2, 0) is 11.2 Å². The Hall–Kier alpha value is -2.09. The molecule has 1 fully saturated rings. The minimum absolute atomic E-state index is 0. The molecule has 29 heavy (non-hydrogen) atoms. The molecule has 8 heteroatoms. The van der Waals surface area contributed by atoms with Crippen molar-refractivity contribution in [3.05, 3.63) is 64.7 Å². The Morgan fingerprint density at radius 2 is 1.69 bits per heavy atom. The first-order valence-electron chi connectivity index (χ1n) is 9.10. The van der Waals surface area contributed by atoms with E-state index in [4.69, 9.17) is 9.47 Å². The van der Waals surface area contributed by atoms with E-state index in [9.17, 15) is 17.6 Å². The van der Waals surface area contributed by atoms with Crippen LogP contribution in [0.15, 0.2) is 30.3 Å². The second-order valence-corrected chi connectivity index (χ2v) is 6.42. The summed E-state index contributed by atoms with van der Waals surface area (Å²) >= 11 is 0. The van der Waals surface area contributed by atoms with E-state index >= 15 is 0 Å². The largest absolute Gasteiger partial charge is 0.451 e. The van der Waals surface area contributed by atoms with Gasteiger partial charge < -0.3 is 9.47 Å². The topological polar surface area (TPSA) is 21.7 Å². The predicted octanol–water partition coefficient (Wildman–Crippen LogP) is 5.36. The zero-order valence-electron chi connectivity index (χ0n) is 15.9. The molecule has 2 aromatic rings. The van der Waals surface area contributed by atoms with Gasteiger partial charge in [0.15, 0.2) is 11.6 Å². The lowest BCUT2D eigenvalue weighted by Crippen LogP contribution is -2.36. The smallest absolute Gasteiger partial charge is 0.205 e. The molecule has 1 heterocycles. The van der Waals surface area contributed by atoms with E-state index in [1.54, 1.807) is 12.1 Å². The quantitative estimate of drug-likeness (QED) is 0.453. The van der Waals surface area contributed by atoms with Crippen molar-refractivity contribution in [2.24, 2.45) is 0 Å². The van der Waals surface area contributed by atoms with E-state index in [-0.39, 0.29) is 18.2 Å². The van der Waals surface area contributed by atoms with Crippen LogP contribution in [0.2, 0.25) is 0 Å². The minimum atomic E-state index is -1.56. The van der Waals surface area contributed by atoms with Crippen molar-refractivity contribution < 1.29 is 27.0 Å². The van der Waals surface area contributed by atoms with Crippen molar-refractivity contribution in [2.45, 2.75) is 13.3 Å². The highest BCUT2D eigenvalue weighted by Gasteiger charge is 2.26. The van der Waals surface area contributed by atoms with Gasteiger partial charge in [-0.3, -0.25) is 4.90 Å². The van der Waals surface area contributed by atoms with Crippen LogP contribution >= 0.6 is 12.4 Å². The van der Waals surface area contributed by atoms with Crippen molar-refractivity contribution >= 4 is 18.5 Å². The third-order valence-electron chi connectivity index (χ3n) is 4.54. The number of rotatable bonds is 6. The molecule has 0 saturated carbocycles. The molecule has 3 rings (SSSR count). The fourth-order valence-corrected chi connectivity index (χ4v) is 2.91. The first-order valence-corrected chi connectivity index (χ1v) is 9.10. The molecular formula is C21H22ClF4NO2. The molecule has 0 bridgehead atoms. The number of morpholine rings is 1. The average molecular weight is 432 g/mol. The Kier molecular flexibility index (Phi) is 8.49. The van der Waals surface area contributed by atoms with Crippen LogP contribution in [0.5, 0.6) is 11.5 Å². The lowest BCUT2D eigenvalue weighted by Gasteiger charge is -2.25. The van der Waals surface area contributed by atoms with Crippen LogP contribution < -0.4 is 4.74 Å². The van der Waals surface area contributed by atoms with Gasteiger partial charge >= 0.3 is 0 Å². The lowest BCUT2D eigenvalue weighted by atomic mass is 10.1. The Labute approximate surface area is 173 Å². The van der Waals surface area contributed by atoms with E-state index < -0.39 is 34.6 Å². The maximum atomic E-state index is 14.4. The fraction of sp³-hybridized carbons (Fsp3) is 0.333. The molecule has 0 amide bonds. The van der Waals surface area contributed by atoms with Gasteiger partial charge in [0.05, 0.1) is 18.8 Å². The van der Waals surface area contributed by atoms with Gasteiger partial charge in [-0.25, -0.2) is 8.78 Å². The van der Waals surface area contributed by atoms with Crippen LogP contribution in [0, 0.1) is 23.3 Å². The Bertz CT molecular complexity index is 841. The number of benzene rings is 2. The summed E-state index contributed by atoms with van der Waals surface area (Å²) in [5.74, 6) is -7.09. The van der Waals surface area contributed by atoms with Crippen molar-refractivity contribution in [1.82, 2.24) is 4.90 Å². The third kappa shape index (κ3) is 5.50. The lowest BCUT2D eigenvalue weighted by molar-refractivity contribution is 0.0435. The van der Waals surface area contributed by atoms with E-state index in [1.807, 2.05) is 17.9 Å². The summed E-state index contributed by atoms with van der Waals surface area (Å²) in [5.41, 5.74) is 0.0971. The molecule has 158 valence electrons. The molecule has 0 spiro atoms. The molecule has 1 aliphatic heterocycles. The standard InChI is InChI=1S/C21H21F4NO2.ClH/c1-2-14-5-3-6-15(13-14)28-21-19(24)17(22)16(18(23)20(21)25)7-4-8-26-9-11-27-12-10-26;/h3-7,13H,2,8-12H2,1H3;1H/b7-4+;. The van der Waals surface area contributed by atoms with Crippen LogP contribution in [0.4, 0.5) is 17.6 Å². The van der Waals surface area contributed by atoms with E-state index in [0.717, 1.165) is 11.6 Å². The number of aryl methyl sites for hydroxylation is 1. The fourth-order valence-electron chi connectivity index (χ4n) is 2.91. The molecular weight excluding hydrogens is 410 g/mol. The predicted molar refractivity (Wildman–Crippen MR) is 106 cm³/mol. The first kappa shape index (κ1) is 23.2. The second kappa shape index (κ2) is 10.6. The molecule has 0 atom stereocenters. The van der Waals surface area contributed by atoms with Gasteiger partial charge in [-0.2, -0.15) is 8.78 Å². The summed E-state index contributed by atoms with van der Waals surface area (Å²) in [5, 5.41) is 0. The monoisotopic (exact) mass is 431 g/mol. The van der Waals surface area contributed by atoms with Crippen molar-refractivity contribution in [1.29, 1.82) is 0 Å². The summed E-state index contributed by atoms with van der Waals surface area (Å²) in [7, 11) is 0. The van der Waals surface area contributed by atoms with Crippen LogP contribution in [0.25, 0.3) is 6.08 Å². The molecule has 0 N–H and O–H groups in total. The average Bonchev–Trinajstić information content (AvgIpc) is 2.73. The molecule has 2 aromatic carbocycles. The van der Waals surface area contributed by atoms with Gasteiger partial charge in [-0.05, 0) is 24.1 Å². The Morgan fingerprint density at radius 1 is 1.03 bits per heavy atom. The molecule has 0 radical (unpaired) electrons. The van der Waals surface area contributed by atoms with Crippen molar-refractivity contribution in [3.8, 4) is 11.5 Å². The van der Waals surface area contributed by atoms with Crippen molar-refractivity contribution in [2.75, 3.05) is 32.8 Å². The van der Waals surface area contributed by atoms with E-state index in [1.165, 1.54) is 12.1 Å². The minimum Gasteiger partial charge on any atom is -0.451 e. The SMILES string of the molecule is CCc1cccc(Oc2c(F)c(F)c(/C=C/CN3CCOCC3)c(F)c2F)c1.Cl. The summed E-state index contributed by atoms with van der Waals surface area (Å²) in [6.45, 7) is 4.81. The molecule has 0 unspecified atom stereocenters. The van der Waals surface area contributed by atoms with Gasteiger partial charge in [0.1, 0.15) is 5.75 Å². The zero-order valence-corrected chi connectivity index (χ0v) is 16.7.